The fourth-order valence-corrected chi connectivity index (χ4v) is 5.27. The number of fused-ring (bicyclic) bond motifs is 1. The van der Waals surface area contributed by atoms with E-state index in [-0.39, 0.29) is 0 Å². The molecular weight excluding hydrogens is 408 g/mol. The van der Waals surface area contributed by atoms with Gasteiger partial charge >= 0.3 is 0 Å². The Hall–Kier alpha value is -1.75. The largest absolute Gasteiger partial charge is 0.495 e. The first kappa shape index (κ1) is 22.4. The summed E-state index contributed by atoms with van der Waals surface area (Å²) in [7, 11) is 3.83. The van der Waals surface area contributed by atoms with Gasteiger partial charge in [-0.3, -0.25) is 0 Å². The van der Waals surface area contributed by atoms with Crippen LogP contribution in [0.5, 0.6) is 11.5 Å². The number of ether oxygens (including phenoxy) is 2. The van der Waals surface area contributed by atoms with E-state index in [0.29, 0.717) is 16.9 Å². The lowest BCUT2D eigenvalue weighted by atomic mass is 9.84. The van der Waals surface area contributed by atoms with Crippen LogP contribution in [0.3, 0.4) is 0 Å². The maximum atomic E-state index is 6.42. The van der Waals surface area contributed by atoms with Gasteiger partial charge in [-0.2, -0.15) is 0 Å². The van der Waals surface area contributed by atoms with Gasteiger partial charge in [-0.25, -0.2) is 0 Å². The molecule has 2 aromatic rings. The molecule has 4 rings (SSSR count). The van der Waals surface area contributed by atoms with E-state index in [1.54, 1.807) is 7.11 Å². The number of halogens is 1. The predicted molar refractivity (Wildman–Crippen MR) is 128 cm³/mol. The van der Waals surface area contributed by atoms with Crippen molar-refractivity contribution in [3.8, 4) is 11.5 Å². The SMILES string of the molecule is CCCN1CCC(COc2ccc3c(c2)CN(C)CC3c2ccc(OC)c(Cl)c2)CC1. The van der Waals surface area contributed by atoms with Gasteiger partial charge in [0.05, 0.1) is 18.7 Å². The molecule has 168 valence electrons. The quantitative estimate of drug-likeness (QED) is 0.571. The number of hydrogen-bond donors (Lipinski definition) is 0. The minimum Gasteiger partial charge on any atom is -0.495 e. The highest BCUT2D eigenvalue weighted by Crippen LogP contribution is 2.37. The fourth-order valence-electron chi connectivity index (χ4n) is 5.01. The third-order valence-corrected chi connectivity index (χ3v) is 7.03. The van der Waals surface area contributed by atoms with Crippen molar-refractivity contribution < 1.29 is 9.47 Å². The van der Waals surface area contributed by atoms with Gasteiger partial charge in [-0.15, -0.1) is 0 Å². The summed E-state index contributed by atoms with van der Waals surface area (Å²) in [6.45, 7) is 8.66. The van der Waals surface area contributed by atoms with Gasteiger partial charge < -0.3 is 19.3 Å². The average molecular weight is 443 g/mol. The topological polar surface area (TPSA) is 24.9 Å². The zero-order valence-corrected chi connectivity index (χ0v) is 19.8. The van der Waals surface area contributed by atoms with Crippen LogP contribution in [0.4, 0.5) is 0 Å². The number of likely N-dealkylation sites (N-methyl/N-ethyl adjacent to an activating group) is 1. The van der Waals surface area contributed by atoms with Crippen LogP contribution >= 0.6 is 11.6 Å². The van der Waals surface area contributed by atoms with E-state index in [0.717, 1.165) is 31.2 Å². The molecule has 0 radical (unpaired) electrons. The lowest BCUT2D eigenvalue weighted by molar-refractivity contribution is 0.141. The van der Waals surface area contributed by atoms with Gasteiger partial charge in [0.1, 0.15) is 11.5 Å². The lowest BCUT2D eigenvalue weighted by Gasteiger charge is -2.33. The van der Waals surface area contributed by atoms with Crippen LogP contribution in [-0.2, 0) is 6.54 Å². The van der Waals surface area contributed by atoms with Crippen LogP contribution in [-0.4, -0.2) is 56.7 Å². The smallest absolute Gasteiger partial charge is 0.137 e. The molecule has 0 bridgehead atoms. The molecule has 1 fully saturated rings. The molecule has 0 N–H and O–H groups in total. The summed E-state index contributed by atoms with van der Waals surface area (Å²) in [5, 5.41) is 0.666. The highest BCUT2D eigenvalue weighted by Gasteiger charge is 2.26. The summed E-state index contributed by atoms with van der Waals surface area (Å²) in [6, 6.07) is 12.8. The number of benzene rings is 2. The average Bonchev–Trinajstić information content (AvgIpc) is 2.78. The van der Waals surface area contributed by atoms with Gasteiger partial charge in [-0.05, 0) is 92.8 Å². The molecule has 1 saturated heterocycles. The molecule has 0 spiro atoms. The molecule has 31 heavy (non-hydrogen) atoms. The van der Waals surface area contributed by atoms with Crippen LogP contribution < -0.4 is 9.47 Å². The van der Waals surface area contributed by atoms with E-state index in [4.69, 9.17) is 21.1 Å². The van der Waals surface area contributed by atoms with Crippen molar-refractivity contribution in [1.29, 1.82) is 0 Å². The summed E-state index contributed by atoms with van der Waals surface area (Å²) in [4.78, 5) is 4.95. The first-order valence-electron chi connectivity index (χ1n) is 11.6. The molecule has 0 aromatic heterocycles. The molecule has 1 unspecified atom stereocenters. The Morgan fingerprint density at radius 1 is 1.10 bits per heavy atom. The van der Waals surface area contributed by atoms with E-state index < -0.39 is 0 Å². The molecule has 2 heterocycles. The second-order valence-corrected chi connectivity index (χ2v) is 9.51. The third-order valence-electron chi connectivity index (χ3n) is 6.74. The molecular formula is C26H35ClN2O2. The Morgan fingerprint density at radius 3 is 2.61 bits per heavy atom. The van der Waals surface area contributed by atoms with Crippen LogP contribution in [0.15, 0.2) is 36.4 Å². The van der Waals surface area contributed by atoms with Gasteiger partial charge in [0.2, 0.25) is 0 Å². The minimum absolute atomic E-state index is 0.300. The van der Waals surface area contributed by atoms with Crippen molar-refractivity contribution in [2.24, 2.45) is 5.92 Å². The van der Waals surface area contributed by atoms with Crippen molar-refractivity contribution in [3.63, 3.8) is 0 Å². The first-order valence-corrected chi connectivity index (χ1v) is 11.9. The number of rotatable bonds is 7. The van der Waals surface area contributed by atoms with Crippen molar-refractivity contribution >= 4 is 11.6 Å². The molecule has 2 aliphatic rings. The molecule has 2 aliphatic heterocycles. The second kappa shape index (κ2) is 10.2. The fraction of sp³-hybridized carbons (Fsp3) is 0.538. The van der Waals surface area contributed by atoms with E-state index >= 15 is 0 Å². The molecule has 0 saturated carbocycles. The first-order chi connectivity index (χ1) is 15.1. The van der Waals surface area contributed by atoms with E-state index in [1.165, 1.54) is 55.6 Å². The van der Waals surface area contributed by atoms with Crippen LogP contribution in [0.2, 0.25) is 5.02 Å². The van der Waals surface area contributed by atoms with Crippen molar-refractivity contribution in [1.82, 2.24) is 9.80 Å². The molecule has 0 amide bonds. The van der Waals surface area contributed by atoms with Crippen molar-refractivity contribution in [3.05, 3.63) is 58.1 Å². The standard InChI is InChI=1S/C26H35ClN2O2/c1-4-11-29-12-9-19(10-13-29)18-31-22-6-7-23-21(14-22)16-28(2)17-24(23)20-5-8-26(30-3)25(27)15-20/h5-8,14-15,19,24H,4,9-13,16-18H2,1-3H3. The predicted octanol–water partition coefficient (Wildman–Crippen LogP) is 5.43. The molecule has 4 nitrogen and oxygen atoms in total. The molecule has 1 atom stereocenters. The Balaban J connectivity index is 1.44. The molecule has 0 aliphatic carbocycles. The van der Waals surface area contributed by atoms with Crippen LogP contribution in [0.1, 0.15) is 48.8 Å². The Labute approximate surface area is 192 Å². The summed E-state index contributed by atoms with van der Waals surface area (Å²) >= 11 is 6.42. The Kier molecular flexibility index (Phi) is 7.42. The monoisotopic (exact) mass is 442 g/mol. The molecule has 5 heteroatoms. The second-order valence-electron chi connectivity index (χ2n) is 9.10. The minimum atomic E-state index is 0.300. The number of nitrogens with zero attached hydrogens (tertiary/aromatic N) is 2. The maximum Gasteiger partial charge on any atom is 0.137 e. The summed E-state index contributed by atoms with van der Waals surface area (Å²) in [6.07, 6.45) is 3.73. The summed E-state index contributed by atoms with van der Waals surface area (Å²) in [5.41, 5.74) is 3.95. The normalized spacial score (nSPS) is 20.5. The molecule has 2 aromatic carbocycles. The Morgan fingerprint density at radius 2 is 1.90 bits per heavy atom. The van der Waals surface area contributed by atoms with Crippen LogP contribution in [0.25, 0.3) is 0 Å². The third kappa shape index (κ3) is 5.36. The zero-order chi connectivity index (χ0) is 21.8. The lowest BCUT2D eigenvalue weighted by Crippen LogP contribution is -2.36. The number of piperidine rings is 1. The zero-order valence-electron chi connectivity index (χ0n) is 19.1. The van der Waals surface area contributed by atoms with E-state index in [2.05, 4.69) is 48.0 Å². The van der Waals surface area contributed by atoms with Crippen molar-refractivity contribution in [2.45, 2.75) is 38.6 Å². The van der Waals surface area contributed by atoms with E-state index in [9.17, 15) is 0 Å². The maximum absolute atomic E-state index is 6.42. The Bertz CT molecular complexity index is 880. The summed E-state index contributed by atoms with van der Waals surface area (Å²) in [5.74, 6) is 2.69. The van der Waals surface area contributed by atoms with Gasteiger partial charge in [0, 0.05) is 19.0 Å². The highest BCUT2D eigenvalue weighted by molar-refractivity contribution is 6.32. The number of methoxy groups -OCH3 is 1. The van der Waals surface area contributed by atoms with Gasteiger partial charge in [-0.1, -0.05) is 30.7 Å². The van der Waals surface area contributed by atoms with Crippen molar-refractivity contribution in [2.75, 3.05) is 46.9 Å². The summed E-state index contributed by atoms with van der Waals surface area (Å²) < 4.78 is 11.6. The van der Waals surface area contributed by atoms with Gasteiger partial charge in [0.25, 0.3) is 0 Å². The van der Waals surface area contributed by atoms with Gasteiger partial charge in [0.15, 0.2) is 0 Å². The number of likely N-dealkylation sites (tertiary alicyclic amines) is 1. The highest BCUT2D eigenvalue weighted by atomic mass is 35.5. The van der Waals surface area contributed by atoms with Crippen LogP contribution in [0, 0.1) is 5.92 Å². The van der Waals surface area contributed by atoms with E-state index in [1.807, 2.05) is 12.1 Å². The number of hydrogen-bond acceptors (Lipinski definition) is 4.